The highest BCUT2D eigenvalue weighted by molar-refractivity contribution is 5.84. The molecular weight excluding hydrogens is 1560 g/mol. The molecule has 0 aliphatic heterocycles. The number of unbranched alkanes of at least 4 members (excludes halogenated alkanes) is 4. The average molecular weight is 1690 g/mol. The van der Waals surface area contributed by atoms with Crippen molar-refractivity contribution in [1.82, 2.24) is 31.9 Å². The summed E-state index contributed by atoms with van der Waals surface area (Å²) in [7, 11) is 0. The molecule has 0 aromatic heterocycles. The summed E-state index contributed by atoms with van der Waals surface area (Å²) in [6, 6.07) is 5.03. The fraction of sp³-hybridized carbons (Fsp3) is 0.678. The number of hydrogen-bond acceptors (Lipinski definition) is 26. The fourth-order valence-corrected chi connectivity index (χ4v) is 11.6. The van der Waals surface area contributed by atoms with Crippen LogP contribution in [0.25, 0.3) is 0 Å². The first kappa shape index (κ1) is 111. The van der Waals surface area contributed by atoms with E-state index < -0.39 is 21.7 Å². The van der Waals surface area contributed by atoms with Crippen molar-refractivity contribution in [1.29, 1.82) is 0 Å². The highest BCUT2D eigenvalue weighted by Gasteiger charge is 2.36. The number of nitro groups is 1. The zero-order valence-electron chi connectivity index (χ0n) is 70.2. The first-order valence-electron chi connectivity index (χ1n) is 41.0. The number of benzene rings is 1. The largest absolute Gasteiger partial charge is 0.427 e. The van der Waals surface area contributed by atoms with Gasteiger partial charge in [0, 0.05) is 141 Å². The Bertz CT molecular complexity index is 3040. The van der Waals surface area contributed by atoms with Gasteiger partial charge in [-0.3, -0.25) is 58.1 Å². The van der Waals surface area contributed by atoms with Gasteiger partial charge in [-0.05, 0) is 87.2 Å². The Morgan fingerprint density at radius 1 is 0.317 bits per heavy atom. The topological polar surface area (TPSA) is 426 Å². The number of carbonyl (C=O) groups excluding carboxylic acids is 10. The van der Waals surface area contributed by atoms with Crippen LogP contribution in [0.3, 0.4) is 0 Å². The second kappa shape index (κ2) is 79.5. The van der Waals surface area contributed by atoms with Crippen molar-refractivity contribution >= 4 is 64.4 Å². The van der Waals surface area contributed by atoms with E-state index in [9.17, 15) is 58.1 Å². The van der Waals surface area contributed by atoms with Gasteiger partial charge in [-0.25, -0.2) is 0 Å². The number of nitrogens with one attached hydrogen (secondary N) is 6. The number of esters is 1. The highest BCUT2D eigenvalue weighted by atomic mass is 16.6. The molecule has 33 heteroatoms. The first-order chi connectivity index (χ1) is 58.2. The Balaban J connectivity index is 0.00000236. The molecule has 0 saturated heterocycles. The van der Waals surface area contributed by atoms with Crippen LogP contribution in [0.5, 0.6) is 5.75 Å². The molecule has 6 amide bonds. The molecule has 1 aromatic carbocycles. The van der Waals surface area contributed by atoms with Crippen LogP contribution in [0.1, 0.15) is 167 Å². The van der Waals surface area contributed by atoms with Crippen molar-refractivity contribution in [2.45, 2.75) is 167 Å². The number of aliphatic hydroxyl groups excluding tert-OH is 1. The van der Waals surface area contributed by atoms with Crippen LogP contribution < -0.4 is 36.6 Å². The van der Waals surface area contributed by atoms with Crippen molar-refractivity contribution in [2.75, 3.05) is 204 Å². The number of Topliss-reactive ketones (excluding diaryl/α,β-unsaturated/α-hetero) is 3. The second-order valence-corrected chi connectivity index (χ2v) is 27.5. The van der Waals surface area contributed by atoms with E-state index in [0.29, 0.717) is 92.1 Å². The van der Waals surface area contributed by atoms with Crippen molar-refractivity contribution in [2.24, 2.45) is 10.8 Å². The van der Waals surface area contributed by atoms with Gasteiger partial charge in [-0.1, -0.05) is 54.8 Å². The van der Waals surface area contributed by atoms with Crippen LogP contribution in [0, 0.1) is 95.0 Å². The van der Waals surface area contributed by atoms with Gasteiger partial charge in [0.15, 0.2) is 0 Å². The van der Waals surface area contributed by atoms with E-state index in [1.807, 2.05) is 0 Å². The number of ketones is 3. The Labute approximate surface area is 709 Å². The van der Waals surface area contributed by atoms with E-state index in [0.717, 1.165) is 32.1 Å². The van der Waals surface area contributed by atoms with E-state index in [4.69, 9.17) is 105 Å². The minimum Gasteiger partial charge on any atom is -0.427 e. The van der Waals surface area contributed by atoms with Crippen molar-refractivity contribution in [3.8, 4) is 79.8 Å². The second-order valence-electron chi connectivity index (χ2n) is 27.5. The lowest BCUT2D eigenvalue weighted by Gasteiger charge is -2.33. The van der Waals surface area contributed by atoms with Crippen LogP contribution >= 0.6 is 0 Å². The lowest BCUT2D eigenvalue weighted by atomic mass is 9.71. The summed E-state index contributed by atoms with van der Waals surface area (Å²) >= 11 is 0. The molecule has 1 aromatic rings. The molecule has 1 rings (SSSR count). The summed E-state index contributed by atoms with van der Waals surface area (Å²) in [5, 5.41) is 36.8. The predicted octanol–water partition coefficient (Wildman–Crippen LogP) is 5.00. The molecule has 0 saturated carbocycles. The maximum absolute atomic E-state index is 13.6. The van der Waals surface area contributed by atoms with Crippen LogP contribution in [-0.2, 0) is 105 Å². The lowest BCUT2D eigenvalue weighted by molar-refractivity contribution is -0.384. The lowest BCUT2D eigenvalue weighted by Crippen LogP contribution is -2.35. The van der Waals surface area contributed by atoms with Crippen LogP contribution in [0.15, 0.2) is 24.3 Å². The summed E-state index contributed by atoms with van der Waals surface area (Å²) in [5.41, 5.74) is -1.97. The summed E-state index contributed by atoms with van der Waals surface area (Å²) in [4.78, 5) is 141. The molecule has 0 unspecified atom stereocenters. The molecule has 0 bridgehead atoms. The van der Waals surface area contributed by atoms with Gasteiger partial charge in [0.05, 0.1) is 124 Å². The minimum absolute atomic E-state index is 0.00542. The monoisotopic (exact) mass is 1690 g/mol. The third-order valence-electron chi connectivity index (χ3n) is 17.8. The highest BCUT2D eigenvalue weighted by Crippen LogP contribution is 2.41. The number of terminal acetylenes is 6. The third kappa shape index (κ3) is 69.5. The van der Waals surface area contributed by atoms with E-state index in [1.165, 1.54) is 24.3 Å². The van der Waals surface area contributed by atoms with E-state index in [-0.39, 0.29) is 311 Å². The van der Waals surface area contributed by atoms with E-state index in [1.54, 1.807) is 0 Å². The Morgan fingerprint density at radius 2 is 0.558 bits per heavy atom. The molecule has 120 heavy (non-hydrogen) atoms. The normalized spacial score (nSPS) is 10.9. The number of amides is 6. The molecule has 0 fully saturated rings. The number of ether oxygens (including phenoxy) is 13. The summed E-state index contributed by atoms with van der Waals surface area (Å²) < 4.78 is 69.0. The van der Waals surface area contributed by atoms with Gasteiger partial charge in [-0.2, -0.15) is 0 Å². The number of hydrogen-bond donors (Lipinski definition) is 7. The van der Waals surface area contributed by atoms with Crippen LogP contribution in [0.4, 0.5) is 5.69 Å². The van der Waals surface area contributed by atoms with E-state index >= 15 is 0 Å². The van der Waals surface area contributed by atoms with Crippen molar-refractivity contribution < 1.29 is 120 Å². The van der Waals surface area contributed by atoms with Crippen molar-refractivity contribution in [3.63, 3.8) is 0 Å². The van der Waals surface area contributed by atoms with Gasteiger partial charge in [0.1, 0.15) is 62.7 Å². The zero-order chi connectivity index (χ0) is 88.3. The predicted molar refractivity (Wildman–Crippen MR) is 447 cm³/mol. The SMILES string of the molecule is C#CCOCCOCCNC(=O)CCC(CCC(=O)NCCOCCOCC#C)(CCC(=O)NCCOCCOCC#C)CC(=O)CCCC(=O)CCCCCCCO.C#CCOCCOCCNC(=O)CCC(CCC(=O)NCCOCCOCC#C)(CCC(=O)NCCOCCOCC#C)CC(=O)CCCC(=O)Oc1ccc([N+](=O)[O-])cc1. The number of nitro benzene ring substituents is 1. The van der Waals surface area contributed by atoms with E-state index in [2.05, 4.69) is 67.4 Å². The van der Waals surface area contributed by atoms with Crippen molar-refractivity contribution in [3.05, 3.63) is 34.4 Å². The molecule has 7 N–H and O–H groups in total. The number of non-ortho nitro benzene ring substituents is 1. The Morgan fingerprint density at radius 3 is 0.825 bits per heavy atom. The number of rotatable bonds is 81. The minimum atomic E-state index is -0.955. The van der Waals surface area contributed by atoms with Gasteiger partial charge >= 0.3 is 5.97 Å². The van der Waals surface area contributed by atoms with Gasteiger partial charge < -0.3 is 98.6 Å². The Kier molecular flexibility index (Phi) is 73.4. The molecule has 0 radical (unpaired) electrons. The van der Waals surface area contributed by atoms with Crippen LogP contribution in [-0.4, -0.2) is 273 Å². The first-order valence-corrected chi connectivity index (χ1v) is 41.0. The number of nitrogens with zero attached hydrogens (tertiary/aromatic N) is 1. The fourth-order valence-electron chi connectivity index (χ4n) is 11.6. The molecule has 0 aliphatic rings. The standard InChI is InChI=1S/C44H71N3O12.C43H60N4O14/c1-4-26-54-32-35-57-29-22-45-41(51)16-19-44(20-17-42(52)46-23-30-58-36-33-55-27-5-2,21-18-43(53)47-24-31-59-37-34-56-28-6-3)38-40(50)15-12-14-39(49)13-10-8-7-9-11-25-48;1-4-23-55-29-32-58-26-20-44-39(49)14-17-43(18-15-40(50)45-21-27-59-33-30-56-24-5-2,19-16-41(51)46-22-28-60-34-31-57-25-6-3)35-37(48)8-7-9-42(52)61-38-12-10-36(11-13-38)47(53)54/h1-3,48H,7-38H2,(H,45,51)(H,46,52)(H,47,53);1-3,10-13H,7-9,14-35H2,(H,44,49)(H,45,50)(H,46,51). The summed E-state index contributed by atoms with van der Waals surface area (Å²) in [6.45, 7) is 7.94. The molecule has 0 spiro atoms. The Hall–Kier alpha value is -9.24. The number of aliphatic hydroxyl groups is 1. The smallest absolute Gasteiger partial charge is 0.311 e. The van der Waals surface area contributed by atoms with Gasteiger partial charge in [-0.15, -0.1) is 38.5 Å². The van der Waals surface area contributed by atoms with Gasteiger partial charge in [0.25, 0.3) is 5.69 Å². The zero-order valence-corrected chi connectivity index (χ0v) is 70.2. The van der Waals surface area contributed by atoms with Gasteiger partial charge in [0.2, 0.25) is 35.4 Å². The summed E-state index contributed by atoms with van der Waals surface area (Å²) in [5.74, 6) is 11.8. The molecular formula is C87H131N7O26. The maximum Gasteiger partial charge on any atom is 0.311 e. The van der Waals surface area contributed by atoms with Crippen LogP contribution in [0.2, 0.25) is 0 Å². The molecule has 0 aliphatic carbocycles. The molecule has 0 heterocycles. The third-order valence-corrected chi connectivity index (χ3v) is 17.8. The molecule has 670 valence electrons. The molecule has 33 nitrogen and oxygen atoms in total. The summed E-state index contributed by atoms with van der Waals surface area (Å²) in [6.07, 6.45) is 38.1. The maximum atomic E-state index is 13.6. The average Bonchev–Trinajstić information content (AvgIpc) is 0.848. The number of carbonyl (C=O) groups is 10. The quantitative estimate of drug-likeness (QED) is 0.0113. The molecule has 0 atom stereocenters.